The molecule has 1 aromatic rings. The van der Waals surface area contributed by atoms with E-state index < -0.39 is 5.60 Å². The van der Waals surface area contributed by atoms with Crippen LogP contribution in [0.1, 0.15) is 90.7 Å². The number of aliphatic hydroxyl groups is 2. The molecule has 5 fully saturated rings. The topological polar surface area (TPSA) is 88.2 Å². The number of aliphatic hydroxyl groups excluding tert-OH is 1. The van der Waals surface area contributed by atoms with Gasteiger partial charge in [-0.1, -0.05) is 13.8 Å². The number of hydrogen-bond acceptors (Lipinski definition) is 5. The number of carbonyl (C=O) groups excluding carboxylic acids is 1. The van der Waals surface area contributed by atoms with Gasteiger partial charge in [-0.05, 0) is 105 Å². The van der Waals surface area contributed by atoms with Gasteiger partial charge < -0.3 is 10.2 Å². The quantitative estimate of drug-likeness (QED) is 0.740. The number of hydrogen-bond donors (Lipinski definition) is 2. The van der Waals surface area contributed by atoms with Gasteiger partial charge in [-0.25, -0.2) is 0 Å². The van der Waals surface area contributed by atoms with Gasteiger partial charge >= 0.3 is 0 Å². The van der Waals surface area contributed by atoms with Crippen LogP contribution in [0.25, 0.3) is 0 Å². The standard InChI is InChI=1S/C26H39N3O3/c1-22(32)10-11-23(2)17(12-22)4-8-25-16-26(25)9-5-19(24(26,3)7-6-21(23)25)20(31)14-29-27-13-18(15-30)28-29/h13,17,19,21,30,32H,4-12,14-16H2,1-3H3/t17-,19-,21-,22-,23+,24-,25+,26?/m1/s1. The maximum atomic E-state index is 13.5. The van der Waals surface area contributed by atoms with Crippen LogP contribution in [-0.2, 0) is 17.9 Å². The van der Waals surface area contributed by atoms with E-state index in [1.807, 2.05) is 6.92 Å². The number of nitrogens with zero attached hydrogens (tertiary/aromatic N) is 3. The summed E-state index contributed by atoms with van der Waals surface area (Å²) in [6.45, 7) is 7.11. The summed E-state index contributed by atoms with van der Waals surface area (Å²) >= 11 is 0. The number of fused-ring (bicyclic) bond motifs is 2. The Hall–Kier alpha value is -1.27. The zero-order valence-corrected chi connectivity index (χ0v) is 19.9. The summed E-state index contributed by atoms with van der Waals surface area (Å²) in [7, 11) is 0. The van der Waals surface area contributed by atoms with E-state index in [2.05, 4.69) is 24.0 Å². The summed E-state index contributed by atoms with van der Waals surface area (Å²) in [6.07, 6.45) is 13.1. The van der Waals surface area contributed by atoms with Gasteiger partial charge in [0.2, 0.25) is 0 Å². The van der Waals surface area contributed by atoms with Crippen molar-refractivity contribution in [2.24, 2.45) is 39.4 Å². The largest absolute Gasteiger partial charge is 0.390 e. The summed E-state index contributed by atoms with van der Waals surface area (Å²) in [6, 6.07) is 0. The third-order valence-electron chi connectivity index (χ3n) is 11.8. The highest BCUT2D eigenvalue weighted by Crippen LogP contribution is 2.90. The lowest BCUT2D eigenvalue weighted by molar-refractivity contribution is -0.152. The van der Waals surface area contributed by atoms with Crippen LogP contribution < -0.4 is 0 Å². The first-order valence-corrected chi connectivity index (χ1v) is 12.8. The predicted molar refractivity (Wildman–Crippen MR) is 119 cm³/mol. The van der Waals surface area contributed by atoms with Crippen molar-refractivity contribution in [3.8, 4) is 0 Å². The molecular weight excluding hydrogens is 402 g/mol. The second-order valence-electron chi connectivity index (χ2n) is 12.9. The third kappa shape index (κ3) is 2.51. The molecule has 2 N–H and O–H groups in total. The van der Waals surface area contributed by atoms with Gasteiger partial charge in [0.1, 0.15) is 12.2 Å². The van der Waals surface area contributed by atoms with Crippen molar-refractivity contribution in [2.75, 3.05) is 0 Å². The molecule has 6 nitrogen and oxygen atoms in total. The van der Waals surface area contributed by atoms with Crippen LogP contribution in [0.2, 0.25) is 0 Å². The Kier molecular flexibility index (Phi) is 4.28. The van der Waals surface area contributed by atoms with Gasteiger partial charge in [0.25, 0.3) is 0 Å². The maximum absolute atomic E-state index is 13.5. The van der Waals surface area contributed by atoms with Crippen molar-refractivity contribution in [3.63, 3.8) is 0 Å². The molecule has 0 saturated heterocycles. The number of ketones is 1. The molecule has 5 aliphatic rings. The fourth-order valence-corrected chi connectivity index (χ4v) is 10.2. The van der Waals surface area contributed by atoms with Gasteiger partial charge in [0.15, 0.2) is 5.78 Å². The highest BCUT2D eigenvalue weighted by Gasteiger charge is 2.83. The van der Waals surface area contributed by atoms with Crippen LogP contribution in [-0.4, -0.2) is 36.6 Å². The molecular formula is C26H39N3O3. The Labute approximate surface area is 191 Å². The van der Waals surface area contributed by atoms with Crippen molar-refractivity contribution >= 4 is 5.78 Å². The minimum absolute atomic E-state index is 0.0941. The first kappa shape index (κ1) is 21.3. The predicted octanol–water partition coefficient (Wildman–Crippen LogP) is 3.89. The van der Waals surface area contributed by atoms with Crippen molar-refractivity contribution in [2.45, 2.75) is 104 Å². The first-order chi connectivity index (χ1) is 15.1. The lowest BCUT2D eigenvalue weighted by Crippen LogP contribution is -2.55. The van der Waals surface area contributed by atoms with Crippen LogP contribution >= 0.6 is 0 Å². The van der Waals surface area contributed by atoms with E-state index >= 15 is 0 Å². The molecule has 6 rings (SSSR count). The van der Waals surface area contributed by atoms with Crippen molar-refractivity contribution in [3.05, 3.63) is 11.9 Å². The molecule has 0 aliphatic heterocycles. The van der Waals surface area contributed by atoms with Crippen molar-refractivity contribution in [1.82, 2.24) is 15.0 Å². The van der Waals surface area contributed by atoms with E-state index in [9.17, 15) is 15.0 Å². The maximum Gasteiger partial charge on any atom is 0.159 e. The highest BCUT2D eigenvalue weighted by molar-refractivity contribution is 5.82. The Morgan fingerprint density at radius 2 is 1.94 bits per heavy atom. The van der Waals surface area contributed by atoms with Crippen LogP contribution in [0.3, 0.4) is 0 Å². The molecule has 6 heteroatoms. The third-order valence-corrected chi connectivity index (χ3v) is 11.8. The lowest BCUT2D eigenvalue weighted by Gasteiger charge is -2.61. The SMILES string of the molecule is C[C@@]1(O)CC[C@@]2(C)[C@H](CC[C@@]34CC35CC[C@H](C(=O)Cn3ncc(CO)n3)[C@@]5(C)CC[C@H]24)C1. The average molecular weight is 442 g/mol. The molecule has 2 spiro atoms. The van der Waals surface area contributed by atoms with E-state index in [-0.39, 0.29) is 30.3 Å². The van der Waals surface area contributed by atoms with Gasteiger partial charge in [-0.2, -0.15) is 15.0 Å². The molecule has 5 aliphatic carbocycles. The molecule has 1 unspecified atom stereocenters. The zero-order chi connectivity index (χ0) is 22.6. The smallest absolute Gasteiger partial charge is 0.159 e. The van der Waals surface area contributed by atoms with Gasteiger partial charge in [-0.15, -0.1) is 0 Å². The second kappa shape index (κ2) is 6.44. The molecule has 1 heterocycles. The zero-order valence-electron chi connectivity index (χ0n) is 19.9. The van der Waals surface area contributed by atoms with Gasteiger partial charge in [0, 0.05) is 5.92 Å². The minimum Gasteiger partial charge on any atom is -0.390 e. The van der Waals surface area contributed by atoms with Gasteiger partial charge in [0.05, 0.1) is 18.4 Å². The lowest BCUT2D eigenvalue weighted by atomic mass is 9.43. The summed E-state index contributed by atoms with van der Waals surface area (Å²) in [5.74, 6) is 1.78. The van der Waals surface area contributed by atoms with E-state index in [1.54, 1.807) is 6.20 Å². The summed E-state index contributed by atoms with van der Waals surface area (Å²) in [5, 5.41) is 28.4. The Morgan fingerprint density at radius 3 is 2.69 bits per heavy atom. The Balaban J connectivity index is 1.26. The normalized spacial score (nSPS) is 51.3. The Bertz CT molecular complexity index is 958. The highest BCUT2D eigenvalue weighted by atomic mass is 16.3. The molecule has 8 atom stereocenters. The van der Waals surface area contributed by atoms with Crippen LogP contribution in [0.15, 0.2) is 6.20 Å². The summed E-state index contributed by atoms with van der Waals surface area (Å²) in [5.41, 5.74) is 1.25. The summed E-state index contributed by atoms with van der Waals surface area (Å²) in [4.78, 5) is 14.9. The van der Waals surface area contributed by atoms with Crippen LogP contribution in [0, 0.1) is 39.4 Å². The van der Waals surface area contributed by atoms with E-state index in [1.165, 1.54) is 36.9 Å². The van der Waals surface area contributed by atoms with Crippen molar-refractivity contribution < 1.29 is 15.0 Å². The Morgan fingerprint density at radius 1 is 1.12 bits per heavy atom. The fraction of sp³-hybridized carbons (Fsp3) is 0.885. The second-order valence-corrected chi connectivity index (χ2v) is 12.9. The number of rotatable bonds is 4. The molecule has 1 aromatic heterocycles. The van der Waals surface area contributed by atoms with Crippen LogP contribution in [0.5, 0.6) is 0 Å². The van der Waals surface area contributed by atoms with Crippen LogP contribution in [0.4, 0.5) is 0 Å². The number of carbonyl (C=O) groups is 1. The molecule has 0 aromatic carbocycles. The fourth-order valence-electron chi connectivity index (χ4n) is 10.2. The monoisotopic (exact) mass is 441 g/mol. The molecule has 32 heavy (non-hydrogen) atoms. The van der Waals surface area contributed by atoms with Gasteiger partial charge in [-0.3, -0.25) is 4.79 Å². The molecule has 5 saturated carbocycles. The molecule has 0 bridgehead atoms. The summed E-state index contributed by atoms with van der Waals surface area (Å²) < 4.78 is 0. The molecule has 176 valence electrons. The van der Waals surface area contributed by atoms with E-state index in [0.29, 0.717) is 27.9 Å². The molecule has 0 amide bonds. The average Bonchev–Trinajstić information content (AvgIpc) is 3.03. The minimum atomic E-state index is -0.486. The molecule has 0 radical (unpaired) electrons. The number of Topliss-reactive ketones (excluding diaryl/α,β-unsaturated/α-hetero) is 1. The van der Waals surface area contributed by atoms with E-state index in [0.717, 1.165) is 38.0 Å². The van der Waals surface area contributed by atoms with E-state index in [4.69, 9.17) is 0 Å². The van der Waals surface area contributed by atoms with Crippen molar-refractivity contribution in [1.29, 1.82) is 0 Å². The number of aromatic nitrogens is 3. The first-order valence-electron chi connectivity index (χ1n) is 12.8.